The van der Waals surface area contributed by atoms with Crippen LogP contribution in [0.5, 0.6) is 0 Å². The van der Waals surface area contributed by atoms with Gasteiger partial charge in [0, 0.05) is 0 Å². The summed E-state index contributed by atoms with van der Waals surface area (Å²) >= 11 is 0. The molecule has 0 amide bonds. The fourth-order valence-electron chi connectivity index (χ4n) is 10.3. The lowest BCUT2D eigenvalue weighted by atomic mass is 9.66. The molecule has 0 fully saturated rings. The van der Waals surface area contributed by atoms with Crippen molar-refractivity contribution in [2.24, 2.45) is 0 Å². The molecule has 55 heavy (non-hydrogen) atoms. The Hall–Kier alpha value is -7.02. The van der Waals surface area contributed by atoms with E-state index in [4.69, 9.17) is 0 Å². The Balaban J connectivity index is 1.22. The molecular weight excluding hydrogens is 661 g/mol. The standard InChI is InChI=1S/C55H34/c1-3-17-39(18-4-1)55(40-19-5-2-6-20-40)50-25-12-11-23-48(50)53-49(34-38-15-8-10-22-42(38)54(53)55)45-31-27-37-28-32-46-44(30-26-36-29-33-47(45)52(37)51(36)46)43-24-13-16-35-14-7-9-21-41(35)43/h1-34H. The van der Waals surface area contributed by atoms with Crippen LogP contribution in [0.4, 0.5) is 0 Å². The summed E-state index contributed by atoms with van der Waals surface area (Å²) in [7, 11) is 0. The van der Waals surface area contributed by atoms with Crippen LogP contribution in [-0.2, 0) is 5.41 Å². The predicted octanol–water partition coefficient (Wildman–Crippen LogP) is 14.6. The first kappa shape index (κ1) is 30.4. The summed E-state index contributed by atoms with van der Waals surface area (Å²) in [5, 5.41) is 12.9. The van der Waals surface area contributed by atoms with Crippen molar-refractivity contribution in [3.8, 4) is 33.4 Å². The highest BCUT2D eigenvalue weighted by Crippen LogP contribution is 2.61. The van der Waals surface area contributed by atoms with E-state index in [9.17, 15) is 0 Å². The van der Waals surface area contributed by atoms with E-state index >= 15 is 0 Å². The lowest BCUT2D eigenvalue weighted by Crippen LogP contribution is -2.28. The van der Waals surface area contributed by atoms with Crippen LogP contribution in [0.1, 0.15) is 22.3 Å². The molecule has 11 aromatic carbocycles. The Kier molecular flexibility index (Phi) is 6.36. The van der Waals surface area contributed by atoms with Crippen molar-refractivity contribution in [1.82, 2.24) is 0 Å². The first-order valence-corrected chi connectivity index (χ1v) is 19.3. The summed E-state index contributed by atoms with van der Waals surface area (Å²) in [6.45, 7) is 0. The first-order valence-electron chi connectivity index (χ1n) is 19.3. The van der Waals surface area contributed by atoms with Gasteiger partial charge in [-0.25, -0.2) is 0 Å². The van der Waals surface area contributed by atoms with Crippen LogP contribution in [-0.4, -0.2) is 0 Å². The molecule has 1 aliphatic carbocycles. The van der Waals surface area contributed by atoms with Crippen molar-refractivity contribution >= 4 is 53.9 Å². The third kappa shape index (κ3) is 4.12. The fraction of sp³-hybridized carbons (Fsp3) is 0.0182. The molecule has 0 spiro atoms. The van der Waals surface area contributed by atoms with Crippen molar-refractivity contribution in [3.63, 3.8) is 0 Å². The maximum atomic E-state index is 2.46. The molecule has 0 unspecified atom stereocenters. The van der Waals surface area contributed by atoms with E-state index in [1.54, 1.807) is 0 Å². The van der Waals surface area contributed by atoms with Gasteiger partial charge < -0.3 is 0 Å². The summed E-state index contributed by atoms with van der Waals surface area (Å²) in [6.07, 6.45) is 0. The Bertz CT molecular complexity index is 3250. The van der Waals surface area contributed by atoms with Gasteiger partial charge in [-0.05, 0) is 116 Å². The summed E-state index contributed by atoms with van der Waals surface area (Å²) in [5.41, 5.74) is 12.5. The number of hydrogen-bond donors (Lipinski definition) is 0. The van der Waals surface area contributed by atoms with Crippen LogP contribution in [0.2, 0.25) is 0 Å². The van der Waals surface area contributed by atoms with E-state index in [0.717, 1.165) is 0 Å². The fourth-order valence-corrected chi connectivity index (χ4v) is 10.3. The Morgan fingerprint density at radius 1 is 0.273 bits per heavy atom. The minimum Gasteiger partial charge on any atom is -0.0622 e. The number of fused-ring (bicyclic) bond motifs is 6. The van der Waals surface area contributed by atoms with Gasteiger partial charge in [-0.15, -0.1) is 0 Å². The van der Waals surface area contributed by atoms with Gasteiger partial charge in [-0.1, -0.05) is 200 Å². The van der Waals surface area contributed by atoms with Crippen LogP contribution < -0.4 is 0 Å². The van der Waals surface area contributed by atoms with E-state index < -0.39 is 5.41 Å². The molecule has 0 radical (unpaired) electrons. The molecule has 254 valence electrons. The molecular formula is C55H34. The normalized spacial score (nSPS) is 13.2. The molecule has 0 atom stereocenters. The summed E-state index contributed by atoms with van der Waals surface area (Å²) in [4.78, 5) is 0. The largest absolute Gasteiger partial charge is 0.0719 e. The molecule has 0 heteroatoms. The molecule has 0 saturated heterocycles. The summed E-state index contributed by atoms with van der Waals surface area (Å²) in [6, 6.07) is 77.2. The Morgan fingerprint density at radius 3 is 1.45 bits per heavy atom. The molecule has 11 aromatic rings. The molecule has 0 N–H and O–H groups in total. The van der Waals surface area contributed by atoms with Gasteiger partial charge >= 0.3 is 0 Å². The third-order valence-corrected chi connectivity index (χ3v) is 12.5. The zero-order valence-electron chi connectivity index (χ0n) is 30.1. The third-order valence-electron chi connectivity index (χ3n) is 12.5. The van der Waals surface area contributed by atoms with Gasteiger partial charge in [0.25, 0.3) is 0 Å². The average molecular weight is 695 g/mol. The molecule has 0 aromatic heterocycles. The monoisotopic (exact) mass is 694 g/mol. The molecule has 12 rings (SSSR count). The SMILES string of the molecule is c1ccc(C2(c3ccccc3)c3ccccc3-c3c(-c4ccc5ccc6c(-c7cccc8ccccc78)ccc7ccc4c5c76)cc4ccccc4c32)cc1. The zero-order valence-corrected chi connectivity index (χ0v) is 30.1. The van der Waals surface area contributed by atoms with Gasteiger partial charge in [0.05, 0.1) is 5.41 Å². The lowest BCUT2D eigenvalue weighted by Gasteiger charge is -2.35. The average Bonchev–Trinajstić information content (AvgIpc) is 3.58. The van der Waals surface area contributed by atoms with Crippen LogP contribution in [0.3, 0.4) is 0 Å². The van der Waals surface area contributed by atoms with E-state index in [1.165, 1.54) is 109 Å². The van der Waals surface area contributed by atoms with Gasteiger partial charge in [0.2, 0.25) is 0 Å². The van der Waals surface area contributed by atoms with Gasteiger partial charge in [-0.3, -0.25) is 0 Å². The van der Waals surface area contributed by atoms with Crippen LogP contribution in [0, 0.1) is 0 Å². The van der Waals surface area contributed by atoms with Crippen LogP contribution in [0.15, 0.2) is 206 Å². The molecule has 0 bridgehead atoms. The van der Waals surface area contributed by atoms with E-state index in [1.807, 2.05) is 0 Å². The minimum absolute atomic E-state index is 0.499. The molecule has 0 saturated carbocycles. The first-order chi connectivity index (χ1) is 27.3. The molecule has 0 heterocycles. The highest BCUT2D eigenvalue weighted by atomic mass is 14.5. The van der Waals surface area contributed by atoms with Crippen LogP contribution >= 0.6 is 0 Å². The van der Waals surface area contributed by atoms with Gasteiger partial charge in [0.1, 0.15) is 0 Å². The maximum absolute atomic E-state index is 2.46. The van der Waals surface area contributed by atoms with Crippen molar-refractivity contribution < 1.29 is 0 Å². The van der Waals surface area contributed by atoms with Crippen LogP contribution in [0.25, 0.3) is 87.2 Å². The molecule has 1 aliphatic rings. The highest BCUT2D eigenvalue weighted by molar-refractivity contribution is 6.28. The van der Waals surface area contributed by atoms with Crippen molar-refractivity contribution in [2.45, 2.75) is 5.41 Å². The Labute approximate surface area is 319 Å². The number of hydrogen-bond acceptors (Lipinski definition) is 0. The second-order valence-electron chi connectivity index (χ2n) is 15.1. The molecule has 0 aliphatic heterocycles. The maximum Gasteiger partial charge on any atom is 0.0719 e. The van der Waals surface area contributed by atoms with Crippen molar-refractivity contribution in [1.29, 1.82) is 0 Å². The number of benzene rings is 11. The lowest BCUT2D eigenvalue weighted by molar-refractivity contribution is 0.775. The second-order valence-corrected chi connectivity index (χ2v) is 15.1. The smallest absolute Gasteiger partial charge is 0.0622 e. The quantitative estimate of drug-likeness (QED) is 0.161. The summed E-state index contributed by atoms with van der Waals surface area (Å²) < 4.78 is 0. The topological polar surface area (TPSA) is 0 Å². The van der Waals surface area contributed by atoms with Gasteiger partial charge in [0.15, 0.2) is 0 Å². The Morgan fingerprint density at radius 2 is 0.764 bits per heavy atom. The highest BCUT2D eigenvalue weighted by Gasteiger charge is 2.48. The summed E-state index contributed by atoms with van der Waals surface area (Å²) in [5.74, 6) is 0. The van der Waals surface area contributed by atoms with E-state index in [-0.39, 0.29) is 0 Å². The van der Waals surface area contributed by atoms with Crippen molar-refractivity contribution in [2.75, 3.05) is 0 Å². The van der Waals surface area contributed by atoms with E-state index in [2.05, 4.69) is 206 Å². The van der Waals surface area contributed by atoms with Crippen molar-refractivity contribution in [3.05, 3.63) is 229 Å². The number of rotatable bonds is 4. The van der Waals surface area contributed by atoms with E-state index in [0.29, 0.717) is 0 Å². The second kappa shape index (κ2) is 11.5. The molecule has 0 nitrogen and oxygen atoms in total. The minimum atomic E-state index is -0.499. The predicted molar refractivity (Wildman–Crippen MR) is 233 cm³/mol. The van der Waals surface area contributed by atoms with Gasteiger partial charge in [-0.2, -0.15) is 0 Å². The zero-order chi connectivity index (χ0) is 36.1.